The molecule has 1 aliphatic carbocycles. The van der Waals surface area contributed by atoms with E-state index in [0.29, 0.717) is 5.52 Å². The molecule has 0 radical (unpaired) electrons. The number of hydrogen-bond donors (Lipinski definition) is 0. The van der Waals surface area contributed by atoms with Crippen LogP contribution < -0.4 is 10.2 Å². The molecule has 2 aromatic rings. The average molecular weight is 340 g/mol. The minimum absolute atomic E-state index is 0.0567. The summed E-state index contributed by atoms with van der Waals surface area (Å²) in [5, 5.41) is -0.126. The lowest BCUT2D eigenvalue weighted by Crippen LogP contribution is -2.21. The van der Waals surface area contributed by atoms with Crippen LogP contribution in [0.5, 0.6) is 5.75 Å². The molecule has 1 fully saturated rings. The van der Waals surface area contributed by atoms with E-state index in [1.54, 1.807) is 11.5 Å². The van der Waals surface area contributed by atoms with Crippen LogP contribution >= 0.6 is 11.6 Å². The van der Waals surface area contributed by atoms with Crippen molar-refractivity contribution >= 4 is 28.5 Å². The highest BCUT2D eigenvalue weighted by Crippen LogP contribution is 2.42. The normalized spacial score (nSPS) is 14.1. The Morgan fingerprint density at radius 2 is 2.17 bits per heavy atom. The number of rotatable bonds is 4. The molecule has 0 bridgehead atoms. The van der Waals surface area contributed by atoms with Crippen LogP contribution in [0.1, 0.15) is 36.2 Å². The van der Waals surface area contributed by atoms with Crippen molar-refractivity contribution in [3.63, 3.8) is 0 Å². The van der Waals surface area contributed by atoms with Gasteiger partial charge < -0.3 is 14.0 Å². The number of carbonyl (C=O) groups excluding carboxylic acids is 1. The van der Waals surface area contributed by atoms with Crippen LogP contribution in [0.3, 0.4) is 0 Å². The number of hydrogen-bond acceptors (Lipinski definition) is 4. The van der Waals surface area contributed by atoms with Crippen molar-refractivity contribution < 1.29 is 18.7 Å². The highest BCUT2D eigenvalue weighted by molar-refractivity contribution is 6.33. The van der Waals surface area contributed by atoms with Crippen molar-refractivity contribution in [3.8, 4) is 5.75 Å². The molecule has 1 heterocycles. The molecule has 1 aromatic carbocycles. The highest BCUT2D eigenvalue weighted by Gasteiger charge is 2.30. The van der Waals surface area contributed by atoms with Gasteiger partial charge in [0.15, 0.2) is 5.75 Å². The van der Waals surface area contributed by atoms with Crippen LogP contribution in [0.15, 0.2) is 17.1 Å². The van der Waals surface area contributed by atoms with E-state index in [9.17, 15) is 14.0 Å². The summed E-state index contributed by atoms with van der Waals surface area (Å²) in [6.07, 6.45) is 3.26. The van der Waals surface area contributed by atoms with Gasteiger partial charge in [0.05, 0.1) is 24.6 Å². The van der Waals surface area contributed by atoms with Gasteiger partial charge in [-0.25, -0.2) is 9.18 Å². The van der Waals surface area contributed by atoms with Crippen molar-refractivity contribution in [3.05, 3.63) is 38.9 Å². The molecule has 23 heavy (non-hydrogen) atoms. The monoisotopic (exact) mass is 339 g/mol. The number of esters is 1. The predicted molar refractivity (Wildman–Crippen MR) is 84.0 cm³/mol. The van der Waals surface area contributed by atoms with Crippen LogP contribution in [0, 0.1) is 5.82 Å². The third-order valence-corrected chi connectivity index (χ3v) is 4.16. The fourth-order valence-corrected chi connectivity index (χ4v) is 2.83. The minimum Gasteiger partial charge on any atom is -0.493 e. The zero-order valence-electron chi connectivity index (χ0n) is 12.7. The van der Waals surface area contributed by atoms with Crippen molar-refractivity contribution in [2.45, 2.75) is 25.8 Å². The van der Waals surface area contributed by atoms with E-state index < -0.39 is 17.2 Å². The topological polar surface area (TPSA) is 57.5 Å². The molecule has 1 aromatic heterocycles. The summed E-state index contributed by atoms with van der Waals surface area (Å²) in [6.45, 7) is 1.80. The van der Waals surface area contributed by atoms with Gasteiger partial charge in [-0.1, -0.05) is 11.6 Å². The second-order valence-electron chi connectivity index (χ2n) is 5.33. The quantitative estimate of drug-likeness (QED) is 0.802. The molecule has 7 heteroatoms. The molecule has 0 atom stereocenters. The van der Waals surface area contributed by atoms with Gasteiger partial charge >= 0.3 is 5.97 Å². The number of pyridine rings is 1. The summed E-state index contributed by atoms with van der Waals surface area (Å²) in [5.74, 6) is -1.39. The third-order valence-electron chi connectivity index (χ3n) is 3.81. The van der Waals surface area contributed by atoms with Gasteiger partial charge in [-0.2, -0.15) is 0 Å². The van der Waals surface area contributed by atoms with Crippen LogP contribution in [-0.2, 0) is 4.74 Å². The average Bonchev–Trinajstić information content (AvgIpc) is 3.35. The number of methoxy groups -OCH3 is 1. The molecule has 0 saturated heterocycles. The smallest absolute Gasteiger partial charge is 0.343 e. The molecule has 1 aliphatic rings. The van der Waals surface area contributed by atoms with E-state index in [1.807, 2.05) is 0 Å². The largest absolute Gasteiger partial charge is 0.493 e. The first-order valence-corrected chi connectivity index (χ1v) is 7.65. The fraction of sp³-hybridized carbons (Fsp3) is 0.375. The summed E-state index contributed by atoms with van der Waals surface area (Å²) < 4.78 is 25.9. The second kappa shape index (κ2) is 5.85. The zero-order chi connectivity index (χ0) is 16.7. The lowest BCUT2D eigenvalue weighted by Gasteiger charge is -2.16. The zero-order valence-corrected chi connectivity index (χ0v) is 13.4. The molecule has 0 amide bonds. The predicted octanol–water partition coefficient (Wildman–Crippen LogP) is 3.31. The van der Waals surface area contributed by atoms with Gasteiger partial charge in [0.2, 0.25) is 5.43 Å². The van der Waals surface area contributed by atoms with Crippen molar-refractivity contribution in [2.75, 3.05) is 13.7 Å². The number of nitrogens with zero attached hydrogens (tertiary/aromatic N) is 1. The van der Waals surface area contributed by atoms with Gasteiger partial charge in [0.1, 0.15) is 16.4 Å². The van der Waals surface area contributed by atoms with E-state index >= 15 is 0 Å². The molecule has 0 spiro atoms. The summed E-state index contributed by atoms with van der Waals surface area (Å²) in [6, 6.07) is 1.17. The SMILES string of the molecule is CCOC(=O)c1cn(C2CC2)c2c(OC)c(Cl)c(F)cc2c1=O. The number of benzene rings is 1. The summed E-state index contributed by atoms with van der Waals surface area (Å²) in [5.41, 5.74) is -0.307. The van der Waals surface area contributed by atoms with Gasteiger partial charge in [0, 0.05) is 12.2 Å². The lowest BCUT2D eigenvalue weighted by molar-refractivity contribution is 0.0524. The van der Waals surface area contributed by atoms with Crippen LogP contribution in [-0.4, -0.2) is 24.3 Å². The van der Waals surface area contributed by atoms with E-state index in [2.05, 4.69) is 0 Å². The molecular weight excluding hydrogens is 325 g/mol. The Balaban J connectivity index is 2.40. The summed E-state index contributed by atoms with van der Waals surface area (Å²) in [7, 11) is 1.36. The number of halogens is 2. The van der Waals surface area contributed by atoms with Gasteiger partial charge in [-0.15, -0.1) is 0 Å². The van der Waals surface area contributed by atoms with Crippen LogP contribution in [0.4, 0.5) is 4.39 Å². The second-order valence-corrected chi connectivity index (χ2v) is 5.71. The fourth-order valence-electron chi connectivity index (χ4n) is 2.61. The number of ether oxygens (including phenoxy) is 2. The van der Waals surface area contributed by atoms with Crippen molar-refractivity contribution in [2.24, 2.45) is 0 Å². The lowest BCUT2D eigenvalue weighted by atomic mass is 10.1. The molecule has 0 N–H and O–H groups in total. The highest BCUT2D eigenvalue weighted by atomic mass is 35.5. The minimum atomic E-state index is -0.767. The molecular formula is C16H15ClFNO4. The third kappa shape index (κ3) is 2.57. The summed E-state index contributed by atoms with van der Waals surface area (Å²) >= 11 is 5.97. The molecule has 0 unspecified atom stereocenters. The van der Waals surface area contributed by atoms with Gasteiger partial charge in [-0.05, 0) is 25.8 Å². The number of aromatic nitrogens is 1. The maximum absolute atomic E-state index is 14.0. The van der Waals surface area contributed by atoms with E-state index in [1.165, 1.54) is 13.3 Å². The van der Waals surface area contributed by atoms with Crippen LogP contribution in [0.25, 0.3) is 10.9 Å². The maximum Gasteiger partial charge on any atom is 0.343 e. The first-order chi connectivity index (χ1) is 11.0. The molecule has 1 saturated carbocycles. The Hall–Kier alpha value is -2.08. The van der Waals surface area contributed by atoms with E-state index in [0.717, 1.165) is 18.9 Å². The van der Waals surface area contributed by atoms with Gasteiger partial charge in [-0.3, -0.25) is 4.79 Å². The van der Waals surface area contributed by atoms with Crippen LogP contribution in [0.2, 0.25) is 5.02 Å². The maximum atomic E-state index is 14.0. The first kappa shape index (κ1) is 15.8. The Morgan fingerprint density at radius 1 is 1.48 bits per heavy atom. The first-order valence-electron chi connectivity index (χ1n) is 7.27. The molecule has 0 aliphatic heterocycles. The Bertz CT molecular complexity index is 858. The molecule has 122 valence electrons. The van der Waals surface area contributed by atoms with Gasteiger partial charge in [0.25, 0.3) is 0 Å². The Morgan fingerprint density at radius 3 is 2.74 bits per heavy atom. The number of fused-ring (bicyclic) bond motifs is 1. The standard InChI is InChI=1S/C16H15ClFNO4/c1-3-23-16(21)10-7-19(8-4-5-8)13-9(14(10)20)6-11(18)12(17)15(13)22-2/h6-8H,3-5H2,1-2H3. The molecule has 3 rings (SSSR count). The van der Waals surface area contributed by atoms with Crippen molar-refractivity contribution in [1.29, 1.82) is 0 Å². The Kier molecular flexibility index (Phi) is 4.02. The molecule has 5 nitrogen and oxygen atoms in total. The van der Waals surface area contributed by atoms with E-state index in [4.69, 9.17) is 21.1 Å². The Labute approximate surface area is 136 Å². The summed E-state index contributed by atoms with van der Waals surface area (Å²) in [4.78, 5) is 24.6. The number of carbonyl (C=O) groups is 1. The van der Waals surface area contributed by atoms with E-state index in [-0.39, 0.29) is 34.4 Å². The van der Waals surface area contributed by atoms with Crippen molar-refractivity contribution in [1.82, 2.24) is 4.57 Å².